The molecule has 0 bridgehead atoms. The zero-order chi connectivity index (χ0) is 27.4. The fourth-order valence-electron chi connectivity index (χ4n) is 7.01. The number of rotatable bonds is 7. The molecule has 2 aliphatic rings. The van der Waals surface area contributed by atoms with E-state index >= 15 is 8.78 Å². The van der Waals surface area contributed by atoms with Crippen LogP contribution in [0, 0.1) is 41.0 Å². The molecule has 5 rings (SSSR count). The van der Waals surface area contributed by atoms with Crippen LogP contribution in [0.5, 0.6) is 0 Å². The molecule has 39 heavy (non-hydrogen) atoms. The topological polar surface area (TPSA) is 0 Å². The van der Waals surface area contributed by atoms with Gasteiger partial charge < -0.3 is 0 Å². The van der Waals surface area contributed by atoms with E-state index in [1.165, 1.54) is 50.7 Å². The first-order valence-electron chi connectivity index (χ1n) is 14.6. The van der Waals surface area contributed by atoms with Crippen LogP contribution in [0.15, 0.2) is 66.7 Å². The molecule has 206 valence electrons. The Hall–Kier alpha value is -2.88. The molecule has 0 N–H and O–H groups in total. The van der Waals surface area contributed by atoms with E-state index in [-0.39, 0.29) is 17.0 Å². The lowest BCUT2D eigenvalue weighted by Crippen LogP contribution is -2.25. The van der Waals surface area contributed by atoms with Crippen molar-refractivity contribution >= 4 is 0 Å². The zero-order valence-electron chi connectivity index (χ0n) is 22.7. The van der Waals surface area contributed by atoms with Gasteiger partial charge in [-0.2, -0.15) is 0 Å². The molecule has 3 aromatic rings. The van der Waals surface area contributed by atoms with Gasteiger partial charge in [-0.3, -0.25) is 0 Å². The van der Waals surface area contributed by atoms with Gasteiger partial charge in [-0.25, -0.2) is 17.6 Å². The lowest BCUT2D eigenvalue weighted by atomic mass is 9.68. The first-order chi connectivity index (χ1) is 19.0. The van der Waals surface area contributed by atoms with E-state index in [4.69, 9.17) is 0 Å². The van der Waals surface area contributed by atoms with Crippen LogP contribution in [-0.2, 0) is 0 Å². The fraction of sp³-hybridized carbons (Fsp3) is 0.429. The molecule has 4 heteroatoms. The summed E-state index contributed by atoms with van der Waals surface area (Å²) in [7, 11) is 0. The Labute approximate surface area is 230 Å². The summed E-state index contributed by atoms with van der Waals surface area (Å²) in [5.74, 6) is -1.01. The highest BCUT2D eigenvalue weighted by Crippen LogP contribution is 2.45. The second-order valence-corrected chi connectivity index (χ2v) is 11.5. The average Bonchev–Trinajstić information content (AvgIpc) is 2.97. The van der Waals surface area contributed by atoms with Crippen molar-refractivity contribution in [2.45, 2.75) is 77.0 Å². The van der Waals surface area contributed by atoms with Gasteiger partial charge in [0.15, 0.2) is 23.3 Å². The normalized spacial score (nSPS) is 23.8. The standard InChI is InChI=1S/C35H38F4/c1-2-3-4-6-23-9-11-24(12-10-23)25-13-15-27(16-14-25)30-21-22-31(35(39)34(30)38)28-19-17-26(18-20-28)29-7-5-8-32(36)33(29)37/h2-3,5,7-8,17-25,27H,4,6,9-16H2,1H3/b3-2+. The maximum absolute atomic E-state index is 15.3. The third-order valence-corrected chi connectivity index (χ3v) is 9.32. The molecule has 2 aliphatic carbocycles. The Kier molecular flexibility index (Phi) is 8.89. The molecule has 0 aromatic heterocycles. The summed E-state index contributed by atoms with van der Waals surface area (Å²) >= 11 is 0. The lowest BCUT2D eigenvalue weighted by Gasteiger charge is -2.38. The average molecular weight is 535 g/mol. The fourth-order valence-corrected chi connectivity index (χ4v) is 7.01. The van der Waals surface area contributed by atoms with E-state index in [2.05, 4.69) is 19.1 Å². The lowest BCUT2D eigenvalue weighted by molar-refractivity contribution is 0.156. The van der Waals surface area contributed by atoms with Gasteiger partial charge in [-0.1, -0.05) is 73.5 Å². The smallest absolute Gasteiger partial charge is 0.166 e. The van der Waals surface area contributed by atoms with Crippen LogP contribution < -0.4 is 0 Å². The van der Waals surface area contributed by atoms with Gasteiger partial charge in [0.25, 0.3) is 0 Å². The van der Waals surface area contributed by atoms with Gasteiger partial charge in [-0.05, 0) is 105 Å². The van der Waals surface area contributed by atoms with E-state index < -0.39 is 23.3 Å². The molecule has 2 saturated carbocycles. The molecular weight excluding hydrogens is 496 g/mol. The highest BCUT2D eigenvalue weighted by Gasteiger charge is 2.32. The van der Waals surface area contributed by atoms with Crippen molar-refractivity contribution in [1.29, 1.82) is 0 Å². The largest absolute Gasteiger partial charge is 0.204 e. The number of hydrogen-bond donors (Lipinski definition) is 0. The monoisotopic (exact) mass is 534 g/mol. The van der Waals surface area contributed by atoms with Gasteiger partial charge in [0, 0.05) is 11.1 Å². The summed E-state index contributed by atoms with van der Waals surface area (Å²) in [6.07, 6.45) is 16.2. The highest BCUT2D eigenvalue weighted by molar-refractivity contribution is 5.71. The third-order valence-electron chi connectivity index (χ3n) is 9.32. The number of benzene rings is 3. The summed E-state index contributed by atoms with van der Waals surface area (Å²) in [6, 6.07) is 13.9. The Morgan fingerprint density at radius 3 is 1.85 bits per heavy atom. The molecule has 0 saturated heterocycles. The van der Waals surface area contributed by atoms with Crippen LogP contribution in [0.25, 0.3) is 22.3 Å². The second kappa shape index (κ2) is 12.5. The van der Waals surface area contributed by atoms with E-state index in [0.717, 1.165) is 43.6 Å². The van der Waals surface area contributed by atoms with Crippen LogP contribution in [0.2, 0.25) is 0 Å². The van der Waals surface area contributed by atoms with Crippen molar-refractivity contribution in [3.05, 3.63) is 95.6 Å². The molecule has 0 unspecified atom stereocenters. The third kappa shape index (κ3) is 6.15. The summed E-state index contributed by atoms with van der Waals surface area (Å²) in [4.78, 5) is 0. The van der Waals surface area contributed by atoms with E-state index in [1.807, 2.05) is 0 Å². The minimum absolute atomic E-state index is 0.0558. The highest BCUT2D eigenvalue weighted by atomic mass is 19.2. The molecule has 0 spiro atoms. The zero-order valence-corrected chi connectivity index (χ0v) is 22.7. The number of hydrogen-bond acceptors (Lipinski definition) is 0. The predicted molar refractivity (Wildman–Crippen MR) is 151 cm³/mol. The molecule has 0 heterocycles. The van der Waals surface area contributed by atoms with E-state index in [0.29, 0.717) is 22.6 Å². The Bertz CT molecular complexity index is 1280. The van der Waals surface area contributed by atoms with Gasteiger partial charge >= 0.3 is 0 Å². The van der Waals surface area contributed by atoms with Crippen LogP contribution in [0.4, 0.5) is 17.6 Å². The molecule has 0 amide bonds. The minimum atomic E-state index is -0.922. The van der Waals surface area contributed by atoms with Crippen LogP contribution in [0.3, 0.4) is 0 Å². The summed E-state index contributed by atoms with van der Waals surface area (Å²) in [5.41, 5.74) is 1.79. The Balaban J connectivity index is 1.21. The van der Waals surface area contributed by atoms with Crippen molar-refractivity contribution in [2.24, 2.45) is 17.8 Å². The molecule has 0 atom stereocenters. The van der Waals surface area contributed by atoms with Crippen LogP contribution in [-0.4, -0.2) is 0 Å². The SMILES string of the molecule is C/C=C/CCC1CCC(C2CCC(c3ccc(-c4ccc(-c5cccc(F)c5F)cc4)c(F)c3F)CC2)CC1. The maximum atomic E-state index is 15.3. The quantitative estimate of drug-likeness (QED) is 0.209. The summed E-state index contributed by atoms with van der Waals surface area (Å²) in [6.45, 7) is 2.08. The van der Waals surface area contributed by atoms with Crippen LogP contribution in [0.1, 0.15) is 82.6 Å². The number of allylic oxidation sites excluding steroid dienone is 2. The van der Waals surface area contributed by atoms with E-state index in [1.54, 1.807) is 36.4 Å². The van der Waals surface area contributed by atoms with E-state index in [9.17, 15) is 8.78 Å². The van der Waals surface area contributed by atoms with Crippen molar-refractivity contribution in [1.82, 2.24) is 0 Å². The van der Waals surface area contributed by atoms with Gasteiger partial charge in [0.2, 0.25) is 0 Å². The van der Waals surface area contributed by atoms with Crippen molar-refractivity contribution in [3.63, 3.8) is 0 Å². The van der Waals surface area contributed by atoms with Crippen molar-refractivity contribution < 1.29 is 17.6 Å². The first-order valence-corrected chi connectivity index (χ1v) is 14.6. The summed E-state index contributed by atoms with van der Waals surface area (Å²) < 4.78 is 58.4. The summed E-state index contributed by atoms with van der Waals surface area (Å²) in [5, 5.41) is 0. The molecular formula is C35H38F4. The molecule has 0 radical (unpaired) electrons. The Morgan fingerprint density at radius 1 is 0.641 bits per heavy atom. The van der Waals surface area contributed by atoms with Crippen molar-refractivity contribution in [2.75, 3.05) is 0 Å². The molecule has 0 nitrogen and oxygen atoms in total. The number of halogens is 4. The van der Waals surface area contributed by atoms with Gasteiger partial charge in [0.05, 0.1) is 0 Å². The molecule has 0 aliphatic heterocycles. The Morgan fingerprint density at radius 2 is 1.23 bits per heavy atom. The maximum Gasteiger partial charge on any atom is 0.166 e. The first kappa shape index (κ1) is 27.7. The molecule has 3 aromatic carbocycles. The predicted octanol–water partition coefficient (Wildman–Crippen LogP) is 11.0. The van der Waals surface area contributed by atoms with Crippen molar-refractivity contribution in [3.8, 4) is 22.3 Å². The van der Waals surface area contributed by atoms with Crippen LogP contribution >= 0.6 is 0 Å². The second-order valence-electron chi connectivity index (χ2n) is 11.5. The minimum Gasteiger partial charge on any atom is -0.204 e. The van der Waals surface area contributed by atoms with Gasteiger partial charge in [-0.15, -0.1) is 0 Å². The van der Waals surface area contributed by atoms with Gasteiger partial charge in [0.1, 0.15) is 0 Å². The molecule has 2 fully saturated rings.